The van der Waals surface area contributed by atoms with E-state index in [-0.39, 0.29) is 12.5 Å². The van der Waals surface area contributed by atoms with E-state index < -0.39 is 11.8 Å². The van der Waals surface area contributed by atoms with Gasteiger partial charge in [-0.15, -0.1) is 0 Å². The first-order chi connectivity index (χ1) is 18.7. The number of aryl methyl sites for hydroxylation is 1. The summed E-state index contributed by atoms with van der Waals surface area (Å²) in [5, 5.41) is 9.15. The number of carbonyl (C=O) groups is 3. The topological polar surface area (TPSA) is 118 Å². The maximum atomic E-state index is 12.4. The Morgan fingerprint density at radius 1 is 0.897 bits per heavy atom. The fourth-order valence-electron chi connectivity index (χ4n) is 3.18. The van der Waals surface area contributed by atoms with Crippen LogP contribution in [0.3, 0.4) is 0 Å². The molecule has 3 N–H and O–H groups in total. The number of hydrogen-bond donors (Lipinski definition) is 3. The van der Waals surface area contributed by atoms with Crippen molar-refractivity contribution in [3.8, 4) is 11.5 Å². The van der Waals surface area contributed by atoms with Gasteiger partial charge in [0.2, 0.25) is 0 Å². The van der Waals surface area contributed by atoms with E-state index in [0.29, 0.717) is 35.0 Å². The maximum Gasteiger partial charge on any atom is 0.329 e. The second kappa shape index (κ2) is 15.0. The highest BCUT2D eigenvalue weighted by Gasteiger charge is 2.13. The summed E-state index contributed by atoms with van der Waals surface area (Å²) >= 11 is 6.80. The van der Waals surface area contributed by atoms with Crippen molar-refractivity contribution in [2.75, 3.05) is 23.8 Å². The van der Waals surface area contributed by atoms with Gasteiger partial charge in [0.15, 0.2) is 6.61 Å². The molecule has 204 valence electrons. The fourth-order valence-corrected chi connectivity index (χ4v) is 3.81. The van der Waals surface area contributed by atoms with Gasteiger partial charge in [-0.3, -0.25) is 14.4 Å². The minimum Gasteiger partial charge on any atom is -0.494 e. The minimum atomic E-state index is -0.948. The smallest absolute Gasteiger partial charge is 0.329 e. The largest absolute Gasteiger partial charge is 0.494 e. The fraction of sp³-hybridized carbons (Fsp3) is 0.214. The molecule has 0 saturated heterocycles. The average Bonchev–Trinajstić information content (AvgIpc) is 2.91. The Morgan fingerprint density at radius 3 is 2.36 bits per heavy atom. The lowest BCUT2D eigenvalue weighted by Crippen LogP contribution is -2.32. The Labute approximate surface area is 243 Å². The summed E-state index contributed by atoms with van der Waals surface area (Å²) in [6.45, 7) is 4.38. The number of hydrogen-bond acceptors (Lipinski definition) is 6. The highest BCUT2D eigenvalue weighted by molar-refractivity contribution is 9.10. The van der Waals surface area contributed by atoms with Gasteiger partial charge in [0.05, 0.1) is 12.8 Å². The van der Waals surface area contributed by atoms with Crippen LogP contribution in [0.5, 0.6) is 11.5 Å². The van der Waals surface area contributed by atoms with E-state index in [0.717, 1.165) is 27.4 Å². The molecule has 3 aromatic rings. The lowest BCUT2D eigenvalue weighted by atomic mass is 10.2. The number of unbranched alkanes of at least 4 members (excludes halogenated alkanes) is 1. The zero-order valence-corrected chi connectivity index (χ0v) is 24.6. The third kappa shape index (κ3) is 9.84. The molecule has 0 aromatic heterocycles. The highest BCUT2D eigenvalue weighted by Crippen LogP contribution is 2.23. The normalized spacial score (nSPS) is 10.7. The molecule has 39 heavy (non-hydrogen) atoms. The lowest BCUT2D eigenvalue weighted by Gasteiger charge is -2.11. The Hall–Kier alpha value is -3.70. The Bertz CT molecular complexity index is 1350. The molecule has 3 aromatic carbocycles. The molecule has 0 heterocycles. The molecular weight excluding hydrogens is 632 g/mol. The number of ether oxygens (including phenoxy) is 2. The molecule has 0 saturated carbocycles. The molecule has 0 fully saturated rings. The maximum absolute atomic E-state index is 12.4. The van der Waals surface area contributed by atoms with Gasteiger partial charge in [0, 0.05) is 25.9 Å². The summed E-state index contributed by atoms with van der Waals surface area (Å²) < 4.78 is 12.9. The van der Waals surface area contributed by atoms with Crippen molar-refractivity contribution in [3.63, 3.8) is 0 Å². The zero-order chi connectivity index (χ0) is 28.2. The van der Waals surface area contributed by atoms with Crippen molar-refractivity contribution in [1.82, 2.24) is 5.43 Å². The zero-order valence-electron chi connectivity index (χ0n) is 21.4. The van der Waals surface area contributed by atoms with E-state index in [1.807, 2.05) is 19.1 Å². The molecule has 3 amide bonds. The van der Waals surface area contributed by atoms with Crippen molar-refractivity contribution in [3.05, 3.63) is 80.7 Å². The van der Waals surface area contributed by atoms with Crippen LogP contribution in [0.25, 0.3) is 0 Å². The van der Waals surface area contributed by atoms with E-state index in [1.165, 1.54) is 6.21 Å². The van der Waals surface area contributed by atoms with E-state index in [4.69, 9.17) is 9.47 Å². The van der Waals surface area contributed by atoms with Crippen LogP contribution in [-0.2, 0) is 14.4 Å². The lowest BCUT2D eigenvalue weighted by molar-refractivity contribution is -0.136. The first kappa shape index (κ1) is 29.9. The first-order valence-electron chi connectivity index (χ1n) is 12.1. The number of amides is 3. The molecule has 3 rings (SSSR count). The second-order valence-corrected chi connectivity index (χ2v) is 10.1. The molecule has 0 aliphatic rings. The quantitative estimate of drug-likeness (QED) is 0.104. The van der Waals surface area contributed by atoms with E-state index in [2.05, 4.69) is 59.9 Å². The number of hydrazone groups is 1. The second-order valence-electron chi connectivity index (χ2n) is 8.36. The summed E-state index contributed by atoms with van der Waals surface area (Å²) in [6, 6.07) is 17.3. The monoisotopic (exact) mass is 658 g/mol. The third-order valence-corrected chi connectivity index (χ3v) is 6.61. The third-order valence-electron chi connectivity index (χ3n) is 5.23. The van der Waals surface area contributed by atoms with Crippen LogP contribution >= 0.6 is 31.9 Å². The molecule has 0 bridgehead atoms. The van der Waals surface area contributed by atoms with Gasteiger partial charge in [-0.05, 0) is 79.6 Å². The Morgan fingerprint density at radius 2 is 1.64 bits per heavy atom. The van der Waals surface area contributed by atoms with Crippen molar-refractivity contribution in [2.24, 2.45) is 5.10 Å². The predicted molar refractivity (Wildman–Crippen MR) is 158 cm³/mol. The van der Waals surface area contributed by atoms with Crippen molar-refractivity contribution >= 4 is 67.2 Å². The van der Waals surface area contributed by atoms with Gasteiger partial charge < -0.3 is 20.1 Å². The summed E-state index contributed by atoms with van der Waals surface area (Å²) in [5.74, 6) is -1.12. The van der Waals surface area contributed by atoms with E-state index >= 15 is 0 Å². The number of anilines is 2. The standard InChI is InChI=1S/C28H28Br2N4O5/c1-3-4-13-38-23-9-6-21(7-10-23)33-27(36)28(37)34-31-16-19-15-20(29)5-12-25(19)39-17-26(35)32-22-8-11-24(30)18(2)14-22/h5-12,14-16H,3-4,13,17H2,1-2H3,(H,32,35)(H,33,36)(H,34,37)/b31-16-. The van der Waals surface area contributed by atoms with Crippen LogP contribution in [0, 0.1) is 6.92 Å². The SMILES string of the molecule is CCCCOc1ccc(NC(=O)C(=O)N/N=C\c2cc(Br)ccc2OCC(=O)Nc2ccc(Br)c(C)c2)cc1. The van der Waals surface area contributed by atoms with Gasteiger partial charge in [0.1, 0.15) is 11.5 Å². The van der Waals surface area contributed by atoms with Gasteiger partial charge in [-0.25, -0.2) is 5.43 Å². The van der Waals surface area contributed by atoms with Crippen LogP contribution < -0.4 is 25.5 Å². The van der Waals surface area contributed by atoms with Gasteiger partial charge >= 0.3 is 11.8 Å². The van der Waals surface area contributed by atoms with Gasteiger partial charge in [0.25, 0.3) is 5.91 Å². The number of nitrogens with zero attached hydrogens (tertiary/aromatic N) is 1. The van der Waals surface area contributed by atoms with Crippen LogP contribution in [0.15, 0.2) is 74.7 Å². The molecule has 0 aliphatic heterocycles. The summed E-state index contributed by atoms with van der Waals surface area (Å²) in [6.07, 6.45) is 3.31. The molecule has 0 atom stereocenters. The van der Waals surface area contributed by atoms with Crippen molar-refractivity contribution in [2.45, 2.75) is 26.7 Å². The molecule has 0 spiro atoms. The van der Waals surface area contributed by atoms with E-state index in [1.54, 1.807) is 48.5 Å². The Balaban J connectivity index is 1.52. The summed E-state index contributed by atoms with van der Waals surface area (Å²) in [7, 11) is 0. The van der Waals surface area contributed by atoms with Crippen LogP contribution in [0.4, 0.5) is 11.4 Å². The number of benzene rings is 3. The van der Waals surface area contributed by atoms with Crippen LogP contribution in [-0.4, -0.2) is 37.1 Å². The molecule has 0 radical (unpaired) electrons. The predicted octanol–water partition coefficient (Wildman–Crippen LogP) is 5.81. The average molecular weight is 660 g/mol. The van der Waals surface area contributed by atoms with Gasteiger partial charge in [-0.1, -0.05) is 45.2 Å². The molecular formula is C28H28Br2N4O5. The van der Waals surface area contributed by atoms with Crippen LogP contribution in [0.2, 0.25) is 0 Å². The highest BCUT2D eigenvalue weighted by atomic mass is 79.9. The van der Waals surface area contributed by atoms with Crippen molar-refractivity contribution in [1.29, 1.82) is 0 Å². The summed E-state index contributed by atoms with van der Waals surface area (Å²) in [4.78, 5) is 36.8. The summed E-state index contributed by atoms with van der Waals surface area (Å²) in [5.41, 5.74) is 4.76. The van der Waals surface area contributed by atoms with Crippen molar-refractivity contribution < 1.29 is 23.9 Å². The molecule has 0 unspecified atom stereocenters. The number of carbonyl (C=O) groups excluding carboxylic acids is 3. The minimum absolute atomic E-state index is 0.241. The molecule has 11 heteroatoms. The van der Waals surface area contributed by atoms with Crippen LogP contribution in [0.1, 0.15) is 30.9 Å². The number of nitrogens with one attached hydrogen (secondary N) is 3. The number of rotatable bonds is 11. The Kier molecular flexibility index (Phi) is 11.5. The first-order valence-corrected chi connectivity index (χ1v) is 13.7. The number of halogens is 2. The van der Waals surface area contributed by atoms with E-state index in [9.17, 15) is 14.4 Å². The van der Waals surface area contributed by atoms with Gasteiger partial charge in [-0.2, -0.15) is 5.10 Å². The molecule has 9 nitrogen and oxygen atoms in total. The molecule has 0 aliphatic carbocycles.